The second-order valence-electron chi connectivity index (χ2n) is 9.73. The quantitative estimate of drug-likeness (QED) is 0.264. The summed E-state index contributed by atoms with van der Waals surface area (Å²) in [5, 5.41) is 10.5. The van der Waals surface area contributed by atoms with E-state index >= 15 is 0 Å². The van der Waals surface area contributed by atoms with E-state index in [1.165, 1.54) is 30.4 Å². The first-order chi connectivity index (χ1) is 18.6. The van der Waals surface area contributed by atoms with Gasteiger partial charge in [-0.2, -0.15) is 5.10 Å². The van der Waals surface area contributed by atoms with Gasteiger partial charge in [-0.3, -0.25) is 4.90 Å². The van der Waals surface area contributed by atoms with Crippen LogP contribution in [0.25, 0.3) is 5.69 Å². The number of ether oxygens (including phenoxy) is 1. The number of piperidine rings is 1. The molecule has 1 aliphatic rings. The lowest BCUT2D eigenvalue weighted by Crippen LogP contribution is -2.29. The monoisotopic (exact) mass is 509 g/mol. The molecule has 196 valence electrons. The van der Waals surface area contributed by atoms with Gasteiger partial charge < -0.3 is 15.4 Å². The van der Waals surface area contributed by atoms with Crippen LogP contribution in [0.2, 0.25) is 0 Å². The van der Waals surface area contributed by atoms with Gasteiger partial charge >= 0.3 is 6.03 Å². The highest BCUT2D eigenvalue weighted by Crippen LogP contribution is 2.32. The van der Waals surface area contributed by atoms with E-state index in [1.54, 1.807) is 0 Å². The van der Waals surface area contributed by atoms with Crippen LogP contribution in [-0.2, 0) is 13.0 Å². The predicted molar refractivity (Wildman–Crippen MR) is 152 cm³/mol. The zero-order valence-corrected chi connectivity index (χ0v) is 22.1. The topological polar surface area (TPSA) is 71.4 Å². The van der Waals surface area contributed by atoms with E-state index in [1.807, 2.05) is 72.3 Å². The largest absolute Gasteiger partial charge is 0.437 e. The van der Waals surface area contributed by atoms with Crippen LogP contribution >= 0.6 is 0 Å². The molecule has 0 unspecified atom stereocenters. The summed E-state index contributed by atoms with van der Waals surface area (Å²) in [5.74, 6) is 1.12. The van der Waals surface area contributed by atoms with Crippen molar-refractivity contribution in [3.63, 3.8) is 0 Å². The lowest BCUT2D eigenvalue weighted by atomic mass is 10.1. The van der Waals surface area contributed by atoms with Crippen LogP contribution in [0.1, 0.15) is 43.0 Å². The number of nitrogens with zero attached hydrogens (tertiary/aromatic N) is 3. The van der Waals surface area contributed by atoms with E-state index in [-0.39, 0.29) is 6.03 Å². The summed E-state index contributed by atoms with van der Waals surface area (Å²) in [6.07, 6.45) is 4.77. The zero-order valence-electron chi connectivity index (χ0n) is 22.1. The van der Waals surface area contributed by atoms with Crippen molar-refractivity contribution >= 4 is 17.4 Å². The number of amides is 2. The van der Waals surface area contributed by atoms with Crippen molar-refractivity contribution in [1.82, 2.24) is 14.7 Å². The first-order valence-corrected chi connectivity index (χ1v) is 13.4. The van der Waals surface area contributed by atoms with Gasteiger partial charge in [0.05, 0.1) is 17.1 Å². The van der Waals surface area contributed by atoms with Crippen molar-refractivity contribution in [3.05, 3.63) is 95.7 Å². The van der Waals surface area contributed by atoms with Crippen molar-refractivity contribution in [1.29, 1.82) is 0 Å². The van der Waals surface area contributed by atoms with Gasteiger partial charge in [0, 0.05) is 18.3 Å². The zero-order chi connectivity index (χ0) is 26.3. The second kappa shape index (κ2) is 12.0. The third-order valence-electron chi connectivity index (χ3n) is 6.82. The molecule has 0 bridgehead atoms. The maximum Gasteiger partial charge on any atom is 0.323 e. The van der Waals surface area contributed by atoms with E-state index in [0.29, 0.717) is 17.3 Å². The van der Waals surface area contributed by atoms with Crippen molar-refractivity contribution in [3.8, 4) is 17.3 Å². The van der Waals surface area contributed by atoms with Crippen LogP contribution in [0.3, 0.4) is 0 Å². The van der Waals surface area contributed by atoms with Crippen molar-refractivity contribution < 1.29 is 9.53 Å². The van der Waals surface area contributed by atoms with Crippen molar-refractivity contribution in [2.45, 2.75) is 46.1 Å². The van der Waals surface area contributed by atoms with E-state index in [2.05, 4.69) is 45.8 Å². The molecular formula is C31H35N5O2. The molecular weight excluding hydrogens is 474 g/mol. The number of rotatable bonds is 8. The number of nitrogens with one attached hydrogen (secondary N) is 2. The van der Waals surface area contributed by atoms with Gasteiger partial charge in [-0.1, -0.05) is 55.8 Å². The Morgan fingerprint density at radius 1 is 0.921 bits per heavy atom. The average Bonchev–Trinajstić information content (AvgIpc) is 3.31. The molecule has 0 spiro atoms. The normalized spacial score (nSPS) is 13.7. The van der Waals surface area contributed by atoms with Crippen LogP contribution in [0.4, 0.5) is 16.2 Å². The van der Waals surface area contributed by atoms with Crippen LogP contribution < -0.4 is 15.4 Å². The Kier molecular flexibility index (Phi) is 8.04. The number of anilines is 2. The highest BCUT2D eigenvalue weighted by Gasteiger charge is 2.16. The molecule has 7 nitrogen and oxygen atoms in total. The smallest absolute Gasteiger partial charge is 0.323 e. The number of likely N-dealkylation sites (tertiary alicyclic amines) is 1. The SMILES string of the molecule is CCc1ccccc1-n1nc(C)cc1Oc1ccccc1NC(=O)Nc1ccc(CN2CCCCC2)cc1. The van der Waals surface area contributed by atoms with Crippen LogP contribution in [0.5, 0.6) is 11.6 Å². The molecule has 0 saturated carbocycles. The molecule has 0 radical (unpaired) electrons. The molecule has 5 rings (SSSR count). The second-order valence-corrected chi connectivity index (χ2v) is 9.73. The third-order valence-corrected chi connectivity index (χ3v) is 6.82. The van der Waals surface area contributed by atoms with Gasteiger partial charge in [0.1, 0.15) is 0 Å². The summed E-state index contributed by atoms with van der Waals surface area (Å²) in [5.41, 5.74) is 5.57. The minimum absolute atomic E-state index is 0.328. The predicted octanol–water partition coefficient (Wildman–Crippen LogP) is 7.17. The first kappa shape index (κ1) is 25.5. The van der Waals surface area contributed by atoms with E-state index in [9.17, 15) is 4.79 Å². The van der Waals surface area contributed by atoms with Gasteiger partial charge in [0.2, 0.25) is 5.88 Å². The van der Waals surface area contributed by atoms with E-state index in [4.69, 9.17) is 4.74 Å². The molecule has 1 fully saturated rings. The number of carbonyl (C=O) groups excluding carboxylic acids is 1. The molecule has 1 saturated heterocycles. The number of hydrogen-bond acceptors (Lipinski definition) is 4. The summed E-state index contributed by atoms with van der Waals surface area (Å²) in [4.78, 5) is 15.4. The Morgan fingerprint density at radius 2 is 1.66 bits per heavy atom. The van der Waals surface area contributed by atoms with Gasteiger partial charge in [0.25, 0.3) is 0 Å². The Hall–Kier alpha value is -4.10. The number of benzene rings is 3. The minimum atomic E-state index is -0.328. The highest BCUT2D eigenvalue weighted by atomic mass is 16.5. The number of aromatic nitrogens is 2. The van der Waals surface area contributed by atoms with Crippen LogP contribution in [0, 0.1) is 6.92 Å². The summed E-state index contributed by atoms with van der Waals surface area (Å²) in [6.45, 7) is 7.34. The number of hydrogen-bond donors (Lipinski definition) is 2. The molecule has 3 aromatic carbocycles. The summed E-state index contributed by atoms with van der Waals surface area (Å²) >= 11 is 0. The molecule has 7 heteroatoms. The molecule has 0 atom stereocenters. The fourth-order valence-electron chi connectivity index (χ4n) is 4.86. The van der Waals surface area contributed by atoms with Gasteiger partial charge in [0.15, 0.2) is 5.75 Å². The third kappa shape index (κ3) is 6.23. The Morgan fingerprint density at radius 3 is 2.45 bits per heavy atom. The van der Waals surface area contributed by atoms with Crippen LogP contribution in [-0.4, -0.2) is 33.8 Å². The maximum absolute atomic E-state index is 12.9. The number of aryl methyl sites for hydroxylation is 2. The van der Waals surface area contributed by atoms with E-state index < -0.39 is 0 Å². The van der Waals surface area contributed by atoms with Crippen molar-refractivity contribution in [2.75, 3.05) is 23.7 Å². The molecule has 4 aromatic rings. The van der Waals surface area contributed by atoms with Crippen LogP contribution in [0.15, 0.2) is 78.9 Å². The molecule has 2 amide bonds. The fraction of sp³-hybridized carbons (Fsp3) is 0.290. The Bertz CT molecular complexity index is 1370. The lowest BCUT2D eigenvalue weighted by Gasteiger charge is -2.26. The standard InChI is InChI=1S/C31H35N5O2/c1-3-25-11-5-7-13-28(25)36-30(21-23(2)34-36)38-29-14-8-6-12-27(29)33-31(37)32-26-17-15-24(16-18-26)22-35-19-9-4-10-20-35/h5-8,11-18,21H,3-4,9-10,19-20,22H2,1-2H3,(H2,32,33,37). The summed E-state index contributed by atoms with van der Waals surface area (Å²) in [6, 6.07) is 25.2. The molecule has 38 heavy (non-hydrogen) atoms. The molecule has 1 aromatic heterocycles. The minimum Gasteiger partial charge on any atom is -0.437 e. The first-order valence-electron chi connectivity index (χ1n) is 13.4. The van der Waals surface area contributed by atoms with E-state index in [0.717, 1.165) is 43.1 Å². The summed E-state index contributed by atoms with van der Waals surface area (Å²) < 4.78 is 8.12. The van der Waals surface area contributed by atoms with Crippen molar-refractivity contribution in [2.24, 2.45) is 0 Å². The summed E-state index contributed by atoms with van der Waals surface area (Å²) in [7, 11) is 0. The average molecular weight is 510 g/mol. The van der Waals surface area contributed by atoms with Gasteiger partial charge in [-0.25, -0.2) is 9.48 Å². The molecule has 2 heterocycles. The van der Waals surface area contributed by atoms with Gasteiger partial charge in [-0.15, -0.1) is 0 Å². The Labute approximate surface area is 224 Å². The molecule has 0 aliphatic carbocycles. The number of carbonyl (C=O) groups is 1. The fourth-order valence-corrected chi connectivity index (χ4v) is 4.86. The Balaban J connectivity index is 1.26. The number of urea groups is 1. The maximum atomic E-state index is 12.9. The lowest BCUT2D eigenvalue weighted by molar-refractivity contribution is 0.221. The molecule has 2 N–H and O–H groups in total. The number of para-hydroxylation sites is 3. The highest BCUT2D eigenvalue weighted by molar-refractivity contribution is 6.00. The molecule has 1 aliphatic heterocycles. The van der Waals surface area contributed by atoms with Gasteiger partial charge in [-0.05, 0) is 80.7 Å².